The Morgan fingerprint density at radius 3 is 2.54 bits per heavy atom. The molecule has 0 fully saturated rings. The van der Waals surface area contributed by atoms with E-state index in [-0.39, 0.29) is 5.91 Å². The first-order chi connectivity index (χ1) is 12.4. The third-order valence-corrected chi connectivity index (χ3v) is 5.11. The summed E-state index contributed by atoms with van der Waals surface area (Å²) < 4.78 is 5.61. The van der Waals surface area contributed by atoms with Gasteiger partial charge in [-0.2, -0.15) is 0 Å². The van der Waals surface area contributed by atoms with Gasteiger partial charge < -0.3 is 14.7 Å². The minimum Gasteiger partial charge on any atom is -0.490 e. The highest BCUT2D eigenvalue weighted by Gasteiger charge is 2.20. The Hall–Kier alpha value is -2.18. The molecule has 5 nitrogen and oxygen atoms in total. The number of carboxylic acid groups (broad SMARTS) is 1. The normalized spacial score (nSPS) is 11.7. The molecular formula is C19H20ClNO4S. The van der Waals surface area contributed by atoms with Crippen molar-refractivity contribution in [2.75, 3.05) is 20.2 Å². The highest BCUT2D eigenvalue weighted by molar-refractivity contribution is 8.00. The lowest BCUT2D eigenvalue weighted by Crippen LogP contribution is -2.31. The van der Waals surface area contributed by atoms with Crippen LogP contribution in [0.25, 0.3) is 0 Å². The average molecular weight is 394 g/mol. The number of benzene rings is 2. The van der Waals surface area contributed by atoms with Gasteiger partial charge in [-0.1, -0.05) is 35.9 Å². The van der Waals surface area contributed by atoms with E-state index < -0.39 is 11.2 Å². The topological polar surface area (TPSA) is 66.8 Å². The number of rotatable bonds is 8. The zero-order valence-electron chi connectivity index (χ0n) is 14.5. The standard InChI is InChI=1S/C19H20ClNO4S/c1-13(19(23)24)26-17-10-6-3-7-14(17)18(22)21(2)11-12-25-16-9-5-4-8-15(16)20/h3-10,13H,11-12H2,1-2H3,(H,23,24). The molecule has 0 saturated carbocycles. The van der Waals surface area contributed by atoms with Gasteiger partial charge in [0.15, 0.2) is 0 Å². The summed E-state index contributed by atoms with van der Waals surface area (Å²) in [6, 6.07) is 14.2. The first-order valence-electron chi connectivity index (χ1n) is 8.01. The molecule has 0 aromatic heterocycles. The Morgan fingerprint density at radius 2 is 1.85 bits per heavy atom. The van der Waals surface area contributed by atoms with Crippen LogP contribution in [0.4, 0.5) is 0 Å². The van der Waals surface area contributed by atoms with Crippen molar-refractivity contribution in [2.45, 2.75) is 17.1 Å². The molecule has 0 aliphatic carbocycles. The van der Waals surface area contributed by atoms with E-state index in [2.05, 4.69) is 0 Å². The van der Waals surface area contributed by atoms with E-state index in [4.69, 9.17) is 21.4 Å². The van der Waals surface area contributed by atoms with E-state index in [0.717, 1.165) is 11.8 Å². The van der Waals surface area contributed by atoms with Gasteiger partial charge in [0.2, 0.25) is 0 Å². The maximum atomic E-state index is 12.7. The fourth-order valence-corrected chi connectivity index (χ4v) is 3.26. The second-order valence-corrected chi connectivity index (χ2v) is 7.39. The molecule has 0 spiro atoms. The zero-order valence-corrected chi connectivity index (χ0v) is 16.1. The van der Waals surface area contributed by atoms with E-state index in [9.17, 15) is 9.59 Å². The van der Waals surface area contributed by atoms with Gasteiger partial charge >= 0.3 is 5.97 Å². The number of carbonyl (C=O) groups excluding carboxylic acids is 1. The zero-order chi connectivity index (χ0) is 19.1. The summed E-state index contributed by atoms with van der Waals surface area (Å²) in [6.07, 6.45) is 0. The van der Waals surface area contributed by atoms with Crippen LogP contribution in [0.15, 0.2) is 53.4 Å². The molecule has 0 aliphatic rings. The van der Waals surface area contributed by atoms with Crippen LogP contribution in [0, 0.1) is 0 Å². The van der Waals surface area contributed by atoms with Crippen molar-refractivity contribution >= 4 is 35.2 Å². The highest BCUT2D eigenvalue weighted by atomic mass is 35.5. The summed E-state index contributed by atoms with van der Waals surface area (Å²) in [7, 11) is 1.68. The van der Waals surface area contributed by atoms with E-state index in [1.165, 1.54) is 0 Å². The quantitative estimate of drug-likeness (QED) is 0.685. The smallest absolute Gasteiger partial charge is 0.316 e. The third-order valence-electron chi connectivity index (χ3n) is 3.64. The van der Waals surface area contributed by atoms with Crippen LogP contribution in [-0.2, 0) is 4.79 Å². The Morgan fingerprint density at radius 1 is 1.19 bits per heavy atom. The Kier molecular flexibility index (Phi) is 7.36. The Balaban J connectivity index is 1.99. The Labute approximate surface area is 161 Å². The van der Waals surface area contributed by atoms with E-state index in [0.29, 0.717) is 34.4 Å². The van der Waals surface area contributed by atoms with Gasteiger partial charge in [-0.25, -0.2) is 0 Å². The predicted molar refractivity (Wildman–Crippen MR) is 103 cm³/mol. The Bertz CT molecular complexity index is 784. The van der Waals surface area contributed by atoms with Gasteiger partial charge in [0, 0.05) is 11.9 Å². The molecule has 0 radical (unpaired) electrons. The van der Waals surface area contributed by atoms with Crippen molar-refractivity contribution in [1.29, 1.82) is 0 Å². The molecule has 0 heterocycles. The van der Waals surface area contributed by atoms with Crippen molar-refractivity contribution in [1.82, 2.24) is 4.90 Å². The van der Waals surface area contributed by atoms with Crippen LogP contribution in [0.3, 0.4) is 0 Å². The summed E-state index contributed by atoms with van der Waals surface area (Å²) in [5, 5.41) is 8.96. The monoisotopic (exact) mass is 393 g/mol. The molecule has 26 heavy (non-hydrogen) atoms. The molecule has 2 rings (SSSR count). The largest absolute Gasteiger partial charge is 0.490 e. The number of thioether (sulfide) groups is 1. The molecule has 1 amide bonds. The minimum atomic E-state index is -0.918. The summed E-state index contributed by atoms with van der Waals surface area (Å²) in [4.78, 5) is 26.0. The summed E-state index contributed by atoms with van der Waals surface area (Å²) >= 11 is 7.19. The maximum Gasteiger partial charge on any atom is 0.316 e. The number of para-hydroxylation sites is 1. The van der Waals surface area contributed by atoms with E-state index in [1.54, 1.807) is 55.3 Å². The van der Waals surface area contributed by atoms with Crippen LogP contribution in [0.2, 0.25) is 5.02 Å². The fourth-order valence-electron chi connectivity index (χ4n) is 2.15. The number of amides is 1. The summed E-state index contributed by atoms with van der Waals surface area (Å²) in [6.45, 7) is 2.26. The average Bonchev–Trinajstić information content (AvgIpc) is 2.63. The number of ether oxygens (including phenoxy) is 1. The van der Waals surface area contributed by atoms with Crippen molar-refractivity contribution in [3.63, 3.8) is 0 Å². The van der Waals surface area contributed by atoms with Crippen molar-refractivity contribution in [2.24, 2.45) is 0 Å². The summed E-state index contributed by atoms with van der Waals surface area (Å²) in [5.74, 6) is -0.534. The fraction of sp³-hybridized carbons (Fsp3) is 0.263. The van der Waals surface area contributed by atoms with Gasteiger partial charge in [-0.3, -0.25) is 9.59 Å². The lowest BCUT2D eigenvalue weighted by atomic mass is 10.2. The number of halogens is 1. The molecule has 138 valence electrons. The second kappa shape index (κ2) is 9.50. The molecule has 0 aliphatic heterocycles. The predicted octanol–water partition coefficient (Wildman–Crippen LogP) is 4.06. The number of hydrogen-bond acceptors (Lipinski definition) is 4. The highest BCUT2D eigenvalue weighted by Crippen LogP contribution is 2.28. The molecule has 2 aromatic carbocycles. The molecule has 2 aromatic rings. The van der Waals surface area contributed by atoms with Gasteiger partial charge in [-0.15, -0.1) is 11.8 Å². The van der Waals surface area contributed by atoms with Gasteiger partial charge in [0.1, 0.15) is 17.6 Å². The number of carbonyl (C=O) groups is 2. The van der Waals surface area contributed by atoms with Crippen molar-refractivity contribution < 1.29 is 19.4 Å². The number of likely N-dealkylation sites (N-methyl/N-ethyl adjacent to an activating group) is 1. The SMILES string of the molecule is CC(Sc1ccccc1C(=O)N(C)CCOc1ccccc1Cl)C(=O)O. The molecule has 7 heteroatoms. The maximum absolute atomic E-state index is 12.7. The lowest BCUT2D eigenvalue weighted by Gasteiger charge is -2.20. The van der Waals surface area contributed by atoms with Crippen LogP contribution in [0.1, 0.15) is 17.3 Å². The van der Waals surface area contributed by atoms with Crippen LogP contribution in [-0.4, -0.2) is 47.3 Å². The number of aliphatic carboxylic acids is 1. The molecule has 1 unspecified atom stereocenters. The van der Waals surface area contributed by atoms with Crippen molar-refractivity contribution in [3.05, 3.63) is 59.1 Å². The van der Waals surface area contributed by atoms with Crippen LogP contribution in [0.5, 0.6) is 5.75 Å². The lowest BCUT2D eigenvalue weighted by molar-refractivity contribution is -0.136. The number of carboxylic acids is 1. The summed E-state index contributed by atoms with van der Waals surface area (Å²) in [5.41, 5.74) is 0.478. The molecule has 1 atom stereocenters. The third kappa shape index (κ3) is 5.41. The number of nitrogens with zero attached hydrogens (tertiary/aromatic N) is 1. The molecular weight excluding hydrogens is 374 g/mol. The first kappa shape index (κ1) is 20.1. The van der Waals surface area contributed by atoms with Gasteiger partial charge in [-0.05, 0) is 31.2 Å². The number of hydrogen-bond donors (Lipinski definition) is 1. The van der Waals surface area contributed by atoms with Gasteiger partial charge in [0.25, 0.3) is 5.91 Å². The van der Waals surface area contributed by atoms with Crippen LogP contribution >= 0.6 is 23.4 Å². The van der Waals surface area contributed by atoms with Crippen molar-refractivity contribution in [3.8, 4) is 5.75 Å². The first-order valence-corrected chi connectivity index (χ1v) is 9.27. The molecule has 0 bridgehead atoms. The minimum absolute atomic E-state index is 0.187. The molecule has 1 N–H and O–H groups in total. The molecule has 0 saturated heterocycles. The van der Waals surface area contributed by atoms with Crippen LogP contribution < -0.4 is 4.74 Å². The van der Waals surface area contributed by atoms with E-state index in [1.807, 2.05) is 12.1 Å². The van der Waals surface area contributed by atoms with Gasteiger partial charge in [0.05, 0.1) is 17.1 Å². The second-order valence-electron chi connectivity index (χ2n) is 5.60. The van der Waals surface area contributed by atoms with E-state index >= 15 is 0 Å².